The van der Waals surface area contributed by atoms with Gasteiger partial charge in [-0.15, -0.1) is 0 Å². The number of hydrogen-bond acceptors (Lipinski definition) is 4. The van der Waals surface area contributed by atoms with Crippen molar-refractivity contribution in [2.24, 2.45) is 5.10 Å². The maximum absolute atomic E-state index is 13.5. The fourth-order valence-corrected chi connectivity index (χ4v) is 5.10. The molecule has 2 N–H and O–H groups in total. The molecule has 1 amide bonds. The van der Waals surface area contributed by atoms with Crippen molar-refractivity contribution >= 4 is 49.5 Å². The second kappa shape index (κ2) is 8.32. The smallest absolute Gasteiger partial charge is 0.258 e. The van der Waals surface area contributed by atoms with Crippen molar-refractivity contribution in [1.82, 2.24) is 20.0 Å². The van der Waals surface area contributed by atoms with Crippen molar-refractivity contribution < 1.29 is 4.79 Å². The maximum Gasteiger partial charge on any atom is 0.258 e. The van der Waals surface area contributed by atoms with E-state index in [-0.39, 0.29) is 11.5 Å². The number of halogens is 1. The van der Waals surface area contributed by atoms with Gasteiger partial charge in [0.15, 0.2) is 0 Å². The molecule has 3 heterocycles. The summed E-state index contributed by atoms with van der Waals surface area (Å²) in [5.41, 5.74) is 4.90. The highest BCUT2D eigenvalue weighted by Gasteiger charge is 2.35. The molecule has 1 aliphatic heterocycles. The third-order valence-corrected chi connectivity index (χ3v) is 6.78. The lowest BCUT2D eigenvalue weighted by molar-refractivity contribution is -0.130. The van der Waals surface area contributed by atoms with E-state index in [1.165, 1.54) is 11.9 Å². The Morgan fingerprint density at radius 3 is 2.51 bits per heavy atom. The van der Waals surface area contributed by atoms with Crippen LogP contribution in [-0.2, 0) is 4.79 Å². The largest absolute Gasteiger partial charge is 0.340 e. The normalized spacial score (nSPS) is 15.7. The number of fused-ring (bicyclic) bond motifs is 2. The summed E-state index contributed by atoms with van der Waals surface area (Å²) in [5, 5.41) is 6.99. The molecule has 0 fully saturated rings. The quantitative estimate of drug-likeness (QED) is 0.324. The van der Waals surface area contributed by atoms with Crippen molar-refractivity contribution in [2.75, 3.05) is 0 Å². The summed E-state index contributed by atoms with van der Waals surface area (Å²) in [6.07, 6.45) is 0.363. The molecule has 0 unspecified atom stereocenters. The van der Waals surface area contributed by atoms with Gasteiger partial charge in [0.1, 0.15) is 11.9 Å². The van der Waals surface area contributed by atoms with E-state index >= 15 is 0 Å². The molecule has 5 aromatic rings. The molecular formula is C27H20BrN5O2. The molecule has 0 saturated heterocycles. The van der Waals surface area contributed by atoms with Gasteiger partial charge >= 0.3 is 0 Å². The van der Waals surface area contributed by atoms with Crippen LogP contribution in [0.4, 0.5) is 0 Å². The summed E-state index contributed by atoms with van der Waals surface area (Å²) in [6, 6.07) is 22.8. The second-order valence-corrected chi connectivity index (χ2v) is 9.45. The van der Waals surface area contributed by atoms with Crippen LogP contribution >= 0.6 is 15.9 Å². The van der Waals surface area contributed by atoms with Crippen LogP contribution in [0.2, 0.25) is 0 Å². The van der Waals surface area contributed by atoms with Gasteiger partial charge in [0.25, 0.3) is 5.56 Å². The van der Waals surface area contributed by atoms with Crippen LogP contribution in [0.3, 0.4) is 0 Å². The minimum atomic E-state index is -0.434. The van der Waals surface area contributed by atoms with Crippen LogP contribution in [-0.4, -0.2) is 31.6 Å². The molecule has 6 rings (SSSR count). The average molecular weight is 526 g/mol. The number of carbonyl (C=O) groups excluding carboxylic acids is 1. The van der Waals surface area contributed by atoms with E-state index in [0.29, 0.717) is 23.5 Å². The van der Waals surface area contributed by atoms with Gasteiger partial charge in [-0.05, 0) is 35.9 Å². The number of carbonyl (C=O) groups is 1. The summed E-state index contributed by atoms with van der Waals surface area (Å²) < 4.78 is 0.902. The Hall–Kier alpha value is -4.04. The molecular weight excluding hydrogens is 506 g/mol. The number of amides is 1. The lowest BCUT2D eigenvalue weighted by Crippen LogP contribution is -2.25. The Balaban J connectivity index is 1.56. The van der Waals surface area contributed by atoms with E-state index < -0.39 is 6.04 Å². The van der Waals surface area contributed by atoms with Gasteiger partial charge in [0, 0.05) is 34.3 Å². The minimum Gasteiger partial charge on any atom is -0.340 e. The van der Waals surface area contributed by atoms with E-state index in [0.717, 1.165) is 37.5 Å². The van der Waals surface area contributed by atoms with Crippen molar-refractivity contribution in [3.63, 3.8) is 0 Å². The molecule has 0 spiro atoms. The number of para-hydroxylation sites is 2. The zero-order valence-electron chi connectivity index (χ0n) is 18.7. The van der Waals surface area contributed by atoms with Crippen LogP contribution in [0.15, 0.2) is 87.2 Å². The molecule has 0 radical (unpaired) electrons. The van der Waals surface area contributed by atoms with Gasteiger partial charge in [-0.3, -0.25) is 9.59 Å². The summed E-state index contributed by atoms with van der Waals surface area (Å²) in [6.45, 7) is 1.47. The Morgan fingerprint density at radius 2 is 1.74 bits per heavy atom. The number of aromatic amines is 2. The molecule has 172 valence electrons. The lowest BCUT2D eigenvalue weighted by Gasteiger charge is -2.17. The predicted molar refractivity (Wildman–Crippen MR) is 140 cm³/mol. The standard InChI is InChI=1S/C27H20BrN5O2/c1-15(34)33-23(26-29-20-9-5-6-10-21(20)30-26)14-22(32-33)25-24(16-7-3-2-4-8-16)18-13-17(28)11-12-19(18)31-27(25)35/h2-13,23H,14H2,1H3,(H,29,30)(H,31,35)/t23-/m1/s1. The average Bonchev–Trinajstić information content (AvgIpc) is 3.48. The van der Waals surface area contributed by atoms with Crippen LogP contribution in [0.5, 0.6) is 0 Å². The highest BCUT2D eigenvalue weighted by Crippen LogP contribution is 2.37. The van der Waals surface area contributed by atoms with Crippen molar-refractivity contribution in [1.29, 1.82) is 0 Å². The summed E-state index contributed by atoms with van der Waals surface area (Å²) in [4.78, 5) is 37.1. The topological polar surface area (TPSA) is 94.2 Å². The molecule has 1 atom stereocenters. The molecule has 0 aliphatic carbocycles. The fraction of sp³-hybridized carbons (Fsp3) is 0.111. The number of hydrazone groups is 1. The van der Waals surface area contributed by atoms with E-state index in [2.05, 4.69) is 31.0 Å². The number of H-pyrrole nitrogens is 2. The van der Waals surface area contributed by atoms with E-state index in [1.807, 2.05) is 72.8 Å². The van der Waals surface area contributed by atoms with Crippen molar-refractivity contribution in [3.8, 4) is 11.1 Å². The number of nitrogens with zero attached hydrogens (tertiary/aromatic N) is 3. The predicted octanol–water partition coefficient (Wildman–Crippen LogP) is 5.53. The Labute approximate surface area is 208 Å². The molecule has 8 heteroatoms. The lowest BCUT2D eigenvalue weighted by atomic mass is 9.92. The Bertz CT molecular complexity index is 1670. The van der Waals surface area contributed by atoms with Crippen LogP contribution in [0.1, 0.15) is 30.8 Å². The Kier molecular flexibility index (Phi) is 5.11. The first-order valence-electron chi connectivity index (χ1n) is 11.2. The summed E-state index contributed by atoms with van der Waals surface area (Å²) in [5.74, 6) is 0.424. The maximum atomic E-state index is 13.5. The number of pyridine rings is 1. The van der Waals surface area contributed by atoms with E-state index in [9.17, 15) is 9.59 Å². The van der Waals surface area contributed by atoms with Crippen molar-refractivity contribution in [2.45, 2.75) is 19.4 Å². The number of imidazole rings is 1. The van der Waals surface area contributed by atoms with Crippen LogP contribution in [0.25, 0.3) is 33.1 Å². The first kappa shape index (κ1) is 21.5. The van der Waals surface area contributed by atoms with E-state index in [1.54, 1.807) is 0 Å². The second-order valence-electron chi connectivity index (χ2n) is 8.53. The summed E-state index contributed by atoms with van der Waals surface area (Å²) in [7, 11) is 0. The number of aromatic nitrogens is 3. The molecule has 1 aliphatic rings. The molecule has 0 saturated carbocycles. The zero-order chi connectivity index (χ0) is 24.1. The van der Waals surface area contributed by atoms with Crippen molar-refractivity contribution in [3.05, 3.63) is 99.0 Å². The first-order valence-corrected chi connectivity index (χ1v) is 12.0. The molecule has 2 aromatic heterocycles. The molecule has 7 nitrogen and oxygen atoms in total. The third-order valence-electron chi connectivity index (χ3n) is 6.28. The highest BCUT2D eigenvalue weighted by molar-refractivity contribution is 9.10. The molecule has 0 bridgehead atoms. The van der Waals surface area contributed by atoms with Gasteiger partial charge in [0.2, 0.25) is 5.91 Å². The molecule has 3 aromatic carbocycles. The van der Waals surface area contributed by atoms with Gasteiger partial charge < -0.3 is 9.97 Å². The molecule has 35 heavy (non-hydrogen) atoms. The first-order chi connectivity index (χ1) is 17.0. The van der Waals surface area contributed by atoms with E-state index in [4.69, 9.17) is 4.98 Å². The monoisotopic (exact) mass is 525 g/mol. The number of hydrogen-bond donors (Lipinski definition) is 2. The van der Waals surface area contributed by atoms with Crippen LogP contribution in [0, 0.1) is 0 Å². The van der Waals surface area contributed by atoms with Gasteiger partial charge in [-0.25, -0.2) is 9.99 Å². The fourth-order valence-electron chi connectivity index (χ4n) is 4.74. The van der Waals surface area contributed by atoms with Gasteiger partial charge in [0.05, 0.1) is 22.3 Å². The highest BCUT2D eigenvalue weighted by atomic mass is 79.9. The minimum absolute atomic E-state index is 0.216. The third kappa shape index (κ3) is 3.66. The van der Waals surface area contributed by atoms with Gasteiger partial charge in [-0.2, -0.15) is 5.10 Å². The van der Waals surface area contributed by atoms with Gasteiger partial charge in [-0.1, -0.05) is 58.4 Å². The number of benzene rings is 3. The SMILES string of the molecule is CC(=O)N1N=C(c2c(-c3ccccc3)c3cc(Br)ccc3[nH]c2=O)C[C@@H]1c1nc2ccccc2[nH]1. The number of rotatable bonds is 3. The Morgan fingerprint density at radius 1 is 0.971 bits per heavy atom. The number of nitrogens with one attached hydrogen (secondary N) is 2. The summed E-state index contributed by atoms with van der Waals surface area (Å²) >= 11 is 3.56. The zero-order valence-corrected chi connectivity index (χ0v) is 20.3. The van der Waals surface area contributed by atoms with Crippen LogP contribution < -0.4 is 5.56 Å².